The van der Waals surface area contributed by atoms with Gasteiger partial charge in [-0.15, -0.1) is 0 Å². The van der Waals surface area contributed by atoms with Crippen molar-refractivity contribution in [3.05, 3.63) is 24.2 Å². The molecule has 1 aliphatic carbocycles. The molecule has 1 heterocycles. The van der Waals surface area contributed by atoms with Crippen LogP contribution in [-0.2, 0) is 5.54 Å². The van der Waals surface area contributed by atoms with Crippen LogP contribution in [0.2, 0.25) is 0 Å². The van der Waals surface area contributed by atoms with Crippen molar-refractivity contribution in [2.45, 2.75) is 24.3 Å². The molecule has 0 saturated heterocycles. The molecule has 0 aliphatic heterocycles. The molecule has 1 aliphatic rings. The van der Waals surface area contributed by atoms with Gasteiger partial charge in [0.2, 0.25) is 0 Å². The summed E-state index contributed by atoms with van der Waals surface area (Å²) in [6.07, 6.45) is 0.821. The molecule has 1 saturated carbocycles. The Morgan fingerprint density at radius 1 is 1.42 bits per heavy atom. The second kappa shape index (κ2) is 2.07. The first-order valence-corrected chi connectivity index (χ1v) is 3.73. The van der Waals surface area contributed by atoms with E-state index in [1.807, 2.05) is 0 Å². The maximum atomic E-state index is 12.5. The van der Waals surface area contributed by atoms with Crippen molar-refractivity contribution < 1.29 is 13.2 Å². The molecule has 2 rings (SSSR count). The Labute approximate surface area is 68.4 Å². The van der Waals surface area contributed by atoms with Crippen LogP contribution >= 0.6 is 0 Å². The van der Waals surface area contributed by atoms with Crippen LogP contribution in [0.15, 0.2) is 22.8 Å². The minimum atomic E-state index is -2.61. The Morgan fingerprint density at radius 2 is 2.08 bits per heavy atom. The average molecular weight is 173 g/mol. The van der Waals surface area contributed by atoms with E-state index in [1.54, 1.807) is 12.1 Å². The van der Waals surface area contributed by atoms with Gasteiger partial charge in [-0.2, -0.15) is 0 Å². The van der Waals surface area contributed by atoms with Crippen molar-refractivity contribution in [2.24, 2.45) is 5.73 Å². The summed E-state index contributed by atoms with van der Waals surface area (Å²) in [4.78, 5) is 0. The number of alkyl halides is 2. The predicted octanol–water partition coefficient (Wildman–Crippen LogP) is 1.86. The summed E-state index contributed by atoms with van der Waals surface area (Å²) in [5.74, 6) is -2.16. The van der Waals surface area contributed by atoms with Crippen LogP contribution in [0.3, 0.4) is 0 Å². The van der Waals surface area contributed by atoms with Crippen molar-refractivity contribution in [1.29, 1.82) is 0 Å². The molecule has 0 atom stereocenters. The quantitative estimate of drug-likeness (QED) is 0.704. The van der Waals surface area contributed by atoms with Gasteiger partial charge in [-0.1, -0.05) is 0 Å². The van der Waals surface area contributed by atoms with E-state index in [9.17, 15) is 8.78 Å². The molecule has 12 heavy (non-hydrogen) atoms. The molecule has 4 heteroatoms. The maximum Gasteiger partial charge on any atom is 0.252 e. The molecule has 0 bridgehead atoms. The van der Waals surface area contributed by atoms with Crippen LogP contribution in [0.1, 0.15) is 18.6 Å². The first kappa shape index (κ1) is 7.73. The van der Waals surface area contributed by atoms with Crippen LogP contribution in [0.4, 0.5) is 8.78 Å². The van der Waals surface area contributed by atoms with Crippen LogP contribution in [-0.4, -0.2) is 5.92 Å². The van der Waals surface area contributed by atoms with Crippen molar-refractivity contribution in [2.75, 3.05) is 0 Å². The van der Waals surface area contributed by atoms with Gasteiger partial charge in [-0.3, -0.25) is 0 Å². The van der Waals surface area contributed by atoms with E-state index < -0.39 is 11.5 Å². The minimum absolute atomic E-state index is 0.312. The monoisotopic (exact) mass is 173 g/mol. The lowest BCUT2D eigenvalue weighted by Crippen LogP contribution is -2.55. The Morgan fingerprint density at radius 3 is 2.50 bits per heavy atom. The van der Waals surface area contributed by atoms with Gasteiger partial charge < -0.3 is 10.2 Å². The Bertz CT molecular complexity index is 273. The summed E-state index contributed by atoms with van der Waals surface area (Å²) in [7, 11) is 0. The number of hydrogen-bond acceptors (Lipinski definition) is 2. The van der Waals surface area contributed by atoms with Crippen LogP contribution in [0.25, 0.3) is 0 Å². The van der Waals surface area contributed by atoms with E-state index >= 15 is 0 Å². The third kappa shape index (κ3) is 1.03. The van der Waals surface area contributed by atoms with E-state index in [0.717, 1.165) is 0 Å². The Kier molecular flexibility index (Phi) is 1.33. The maximum absolute atomic E-state index is 12.5. The highest BCUT2D eigenvalue weighted by atomic mass is 19.3. The second-order valence-corrected chi connectivity index (χ2v) is 3.34. The van der Waals surface area contributed by atoms with Gasteiger partial charge in [-0.05, 0) is 12.1 Å². The number of hydrogen-bond donors (Lipinski definition) is 1. The molecule has 66 valence electrons. The standard InChI is InChI=1S/C8H9F2NO/c9-8(10)4-7(11,5-8)6-2-1-3-12-6/h1-3H,4-5,11H2. The van der Waals surface area contributed by atoms with E-state index in [-0.39, 0.29) is 12.8 Å². The molecular weight excluding hydrogens is 164 g/mol. The topological polar surface area (TPSA) is 39.2 Å². The molecule has 1 aromatic rings. The van der Waals surface area contributed by atoms with E-state index in [2.05, 4.69) is 0 Å². The molecule has 0 amide bonds. The highest BCUT2D eigenvalue weighted by Crippen LogP contribution is 2.49. The molecule has 2 N–H and O–H groups in total. The van der Waals surface area contributed by atoms with Gasteiger partial charge in [0, 0.05) is 12.8 Å². The van der Waals surface area contributed by atoms with E-state index in [4.69, 9.17) is 10.2 Å². The number of furan rings is 1. The lowest BCUT2D eigenvalue weighted by Gasteiger charge is -2.42. The summed E-state index contributed by atoms with van der Waals surface area (Å²) in [6, 6.07) is 3.29. The third-order valence-electron chi connectivity index (χ3n) is 2.16. The van der Waals surface area contributed by atoms with Gasteiger partial charge in [-0.25, -0.2) is 8.78 Å². The van der Waals surface area contributed by atoms with Crippen LogP contribution in [0.5, 0.6) is 0 Å². The zero-order valence-corrected chi connectivity index (χ0v) is 6.39. The average Bonchev–Trinajstić information content (AvgIpc) is 2.31. The first-order chi connectivity index (χ1) is 5.52. The fourth-order valence-corrected chi connectivity index (χ4v) is 1.61. The summed E-state index contributed by atoms with van der Waals surface area (Å²) < 4.78 is 30.0. The number of nitrogens with two attached hydrogens (primary N) is 1. The lowest BCUT2D eigenvalue weighted by atomic mass is 9.72. The van der Waals surface area contributed by atoms with Gasteiger partial charge >= 0.3 is 0 Å². The fourth-order valence-electron chi connectivity index (χ4n) is 1.61. The largest absolute Gasteiger partial charge is 0.467 e. The number of halogens is 2. The van der Waals surface area contributed by atoms with Crippen molar-refractivity contribution in [3.8, 4) is 0 Å². The number of rotatable bonds is 1. The summed E-state index contributed by atoms with van der Waals surface area (Å²) in [6.45, 7) is 0. The molecule has 1 aromatic heterocycles. The molecule has 2 nitrogen and oxygen atoms in total. The van der Waals surface area contributed by atoms with E-state index in [1.165, 1.54) is 6.26 Å². The zero-order valence-electron chi connectivity index (χ0n) is 6.39. The summed E-state index contributed by atoms with van der Waals surface area (Å²) in [5.41, 5.74) is 4.73. The van der Waals surface area contributed by atoms with Crippen molar-refractivity contribution in [3.63, 3.8) is 0 Å². The molecule has 0 unspecified atom stereocenters. The first-order valence-electron chi connectivity index (χ1n) is 3.73. The summed E-state index contributed by atoms with van der Waals surface area (Å²) in [5, 5.41) is 0. The Balaban J connectivity index is 2.18. The van der Waals surface area contributed by atoms with Gasteiger partial charge in [0.15, 0.2) is 0 Å². The van der Waals surface area contributed by atoms with Gasteiger partial charge in [0.1, 0.15) is 5.76 Å². The highest BCUT2D eigenvalue weighted by molar-refractivity contribution is 5.19. The van der Waals surface area contributed by atoms with Crippen LogP contribution in [0, 0.1) is 0 Å². The van der Waals surface area contributed by atoms with Crippen molar-refractivity contribution >= 4 is 0 Å². The zero-order chi connectivity index (χ0) is 8.82. The van der Waals surface area contributed by atoms with Gasteiger partial charge in [0.05, 0.1) is 11.8 Å². The fraction of sp³-hybridized carbons (Fsp3) is 0.500. The molecule has 0 radical (unpaired) electrons. The van der Waals surface area contributed by atoms with E-state index in [0.29, 0.717) is 5.76 Å². The highest BCUT2D eigenvalue weighted by Gasteiger charge is 2.56. The molecule has 1 fully saturated rings. The van der Waals surface area contributed by atoms with Crippen molar-refractivity contribution in [1.82, 2.24) is 0 Å². The molecule has 0 aromatic carbocycles. The summed E-state index contributed by atoms with van der Waals surface area (Å²) >= 11 is 0. The lowest BCUT2D eigenvalue weighted by molar-refractivity contribution is -0.130. The molecule has 0 spiro atoms. The smallest absolute Gasteiger partial charge is 0.252 e. The second-order valence-electron chi connectivity index (χ2n) is 3.34. The third-order valence-corrected chi connectivity index (χ3v) is 2.16. The SMILES string of the molecule is NC1(c2ccco2)CC(F)(F)C1. The molecular formula is C8H9F2NO. The van der Waals surface area contributed by atoms with Crippen LogP contribution < -0.4 is 5.73 Å². The Hall–Kier alpha value is -0.900. The minimum Gasteiger partial charge on any atom is -0.467 e. The normalized spacial score (nSPS) is 24.9. The van der Waals surface area contributed by atoms with Gasteiger partial charge in [0.25, 0.3) is 5.92 Å². The predicted molar refractivity (Wildman–Crippen MR) is 38.8 cm³/mol.